The number of pyridine rings is 1. The van der Waals surface area contributed by atoms with Crippen molar-refractivity contribution in [2.24, 2.45) is 11.8 Å². The second-order valence-electron chi connectivity index (χ2n) is 5.13. The van der Waals surface area contributed by atoms with Crippen molar-refractivity contribution in [2.45, 2.75) is 27.3 Å². The van der Waals surface area contributed by atoms with E-state index in [1.54, 1.807) is 0 Å². The topological polar surface area (TPSA) is 16.1 Å². The van der Waals surface area contributed by atoms with E-state index < -0.39 is 0 Å². The Morgan fingerprint density at radius 1 is 1.35 bits per heavy atom. The minimum Gasteiger partial charge on any atom is -0.300 e. The molecule has 0 amide bonds. The van der Waals surface area contributed by atoms with E-state index in [9.17, 15) is 0 Å². The molecule has 0 aliphatic rings. The van der Waals surface area contributed by atoms with Gasteiger partial charge < -0.3 is 4.90 Å². The van der Waals surface area contributed by atoms with E-state index in [1.165, 1.54) is 0 Å². The molecule has 96 valence electrons. The lowest BCUT2D eigenvalue weighted by Gasteiger charge is -2.25. The fourth-order valence-corrected chi connectivity index (χ4v) is 2.82. The van der Waals surface area contributed by atoms with Gasteiger partial charge in [0, 0.05) is 24.1 Å². The van der Waals surface area contributed by atoms with Gasteiger partial charge in [0.05, 0.1) is 5.69 Å². The SMILES string of the molecule is Cc1cccc(CN(C)CC(CBr)C(C)C)n1. The third kappa shape index (κ3) is 5.17. The summed E-state index contributed by atoms with van der Waals surface area (Å²) < 4.78 is 0. The molecule has 0 saturated heterocycles. The Labute approximate surface area is 114 Å². The van der Waals surface area contributed by atoms with Crippen molar-refractivity contribution in [1.29, 1.82) is 0 Å². The molecule has 1 rings (SSSR count). The Hall–Kier alpha value is -0.410. The van der Waals surface area contributed by atoms with Crippen LogP contribution in [-0.2, 0) is 6.54 Å². The van der Waals surface area contributed by atoms with E-state index in [1.807, 2.05) is 13.0 Å². The van der Waals surface area contributed by atoms with Crippen LogP contribution in [-0.4, -0.2) is 28.8 Å². The highest BCUT2D eigenvalue weighted by Gasteiger charge is 2.14. The molecule has 1 atom stereocenters. The highest BCUT2D eigenvalue weighted by Crippen LogP contribution is 2.15. The van der Waals surface area contributed by atoms with E-state index in [-0.39, 0.29) is 0 Å². The van der Waals surface area contributed by atoms with Crippen LogP contribution in [0.3, 0.4) is 0 Å². The lowest BCUT2D eigenvalue weighted by atomic mass is 9.97. The minimum absolute atomic E-state index is 0.699. The van der Waals surface area contributed by atoms with Gasteiger partial charge >= 0.3 is 0 Å². The molecule has 0 spiro atoms. The van der Waals surface area contributed by atoms with Gasteiger partial charge in [-0.3, -0.25) is 4.98 Å². The van der Waals surface area contributed by atoms with Gasteiger partial charge in [-0.25, -0.2) is 0 Å². The summed E-state index contributed by atoms with van der Waals surface area (Å²) >= 11 is 3.60. The quantitative estimate of drug-likeness (QED) is 0.748. The van der Waals surface area contributed by atoms with Crippen LogP contribution in [0.1, 0.15) is 25.2 Å². The van der Waals surface area contributed by atoms with Gasteiger partial charge in [0.25, 0.3) is 0 Å². The highest BCUT2D eigenvalue weighted by atomic mass is 79.9. The monoisotopic (exact) mass is 298 g/mol. The second kappa shape index (κ2) is 7.12. The zero-order chi connectivity index (χ0) is 12.8. The molecule has 0 aliphatic heterocycles. The largest absolute Gasteiger partial charge is 0.300 e. The van der Waals surface area contributed by atoms with Crippen LogP contribution in [0.4, 0.5) is 0 Å². The number of hydrogen-bond donors (Lipinski definition) is 0. The summed E-state index contributed by atoms with van der Waals surface area (Å²) in [5, 5.41) is 1.07. The zero-order valence-electron chi connectivity index (χ0n) is 11.3. The fraction of sp³-hybridized carbons (Fsp3) is 0.643. The first-order chi connectivity index (χ1) is 8.02. The van der Waals surface area contributed by atoms with E-state index in [0.29, 0.717) is 11.8 Å². The summed E-state index contributed by atoms with van der Waals surface area (Å²) in [4.78, 5) is 6.89. The number of aryl methyl sites for hydroxylation is 1. The smallest absolute Gasteiger partial charge is 0.0547 e. The van der Waals surface area contributed by atoms with Crippen LogP contribution in [0.5, 0.6) is 0 Å². The summed E-state index contributed by atoms with van der Waals surface area (Å²) in [6, 6.07) is 6.22. The number of alkyl halides is 1. The second-order valence-corrected chi connectivity index (χ2v) is 5.77. The predicted molar refractivity (Wildman–Crippen MR) is 77.4 cm³/mol. The number of rotatable bonds is 6. The molecule has 0 radical (unpaired) electrons. The van der Waals surface area contributed by atoms with Crippen molar-refractivity contribution < 1.29 is 0 Å². The lowest BCUT2D eigenvalue weighted by Crippen LogP contribution is -2.29. The average molecular weight is 299 g/mol. The van der Waals surface area contributed by atoms with Gasteiger partial charge in [0.2, 0.25) is 0 Å². The Bertz CT molecular complexity index is 339. The molecule has 0 aromatic carbocycles. The van der Waals surface area contributed by atoms with Gasteiger partial charge in [0.15, 0.2) is 0 Å². The summed E-state index contributed by atoms with van der Waals surface area (Å²) in [6.07, 6.45) is 0. The van der Waals surface area contributed by atoms with Gasteiger partial charge in [0.1, 0.15) is 0 Å². The van der Waals surface area contributed by atoms with Crippen molar-refractivity contribution >= 4 is 15.9 Å². The fourth-order valence-electron chi connectivity index (χ4n) is 1.87. The normalized spacial score (nSPS) is 13.4. The van der Waals surface area contributed by atoms with Crippen molar-refractivity contribution in [3.63, 3.8) is 0 Å². The van der Waals surface area contributed by atoms with Crippen LogP contribution >= 0.6 is 15.9 Å². The third-order valence-electron chi connectivity index (χ3n) is 3.07. The minimum atomic E-state index is 0.699. The molecule has 1 heterocycles. The standard InChI is InChI=1S/C14H23BrN2/c1-11(2)13(8-15)9-17(4)10-14-7-5-6-12(3)16-14/h5-7,11,13H,8-10H2,1-4H3. The molecule has 0 saturated carbocycles. The average Bonchev–Trinajstić information content (AvgIpc) is 2.25. The van der Waals surface area contributed by atoms with Gasteiger partial charge in [-0.05, 0) is 37.9 Å². The molecule has 2 nitrogen and oxygen atoms in total. The van der Waals surface area contributed by atoms with E-state index >= 15 is 0 Å². The summed E-state index contributed by atoms with van der Waals surface area (Å²) in [5.74, 6) is 1.41. The maximum absolute atomic E-state index is 4.54. The lowest BCUT2D eigenvalue weighted by molar-refractivity contribution is 0.245. The molecule has 1 aromatic heterocycles. The first kappa shape index (κ1) is 14.7. The van der Waals surface area contributed by atoms with Crippen LogP contribution < -0.4 is 0 Å². The van der Waals surface area contributed by atoms with Crippen LogP contribution in [0, 0.1) is 18.8 Å². The van der Waals surface area contributed by atoms with Gasteiger partial charge in [-0.1, -0.05) is 35.8 Å². The van der Waals surface area contributed by atoms with Crippen LogP contribution in [0.2, 0.25) is 0 Å². The molecule has 0 aliphatic carbocycles. The van der Waals surface area contributed by atoms with Gasteiger partial charge in [-0.2, -0.15) is 0 Å². The number of hydrogen-bond acceptors (Lipinski definition) is 2. The summed E-state index contributed by atoms with van der Waals surface area (Å²) in [5.41, 5.74) is 2.25. The van der Waals surface area contributed by atoms with Gasteiger partial charge in [-0.15, -0.1) is 0 Å². The first-order valence-electron chi connectivity index (χ1n) is 6.20. The number of halogens is 1. The van der Waals surface area contributed by atoms with E-state index in [0.717, 1.165) is 29.8 Å². The molecular weight excluding hydrogens is 276 g/mol. The maximum Gasteiger partial charge on any atom is 0.0547 e. The molecule has 3 heteroatoms. The molecule has 17 heavy (non-hydrogen) atoms. The van der Waals surface area contributed by atoms with Crippen molar-refractivity contribution in [2.75, 3.05) is 18.9 Å². The zero-order valence-corrected chi connectivity index (χ0v) is 12.9. The van der Waals surface area contributed by atoms with E-state index in [4.69, 9.17) is 0 Å². The Morgan fingerprint density at radius 3 is 2.59 bits per heavy atom. The van der Waals surface area contributed by atoms with Crippen LogP contribution in [0.15, 0.2) is 18.2 Å². The number of aromatic nitrogens is 1. The van der Waals surface area contributed by atoms with E-state index in [2.05, 4.69) is 58.8 Å². The Kier molecular flexibility index (Phi) is 6.14. The number of nitrogens with zero attached hydrogens (tertiary/aromatic N) is 2. The highest BCUT2D eigenvalue weighted by molar-refractivity contribution is 9.09. The predicted octanol–water partition coefficient (Wildman–Crippen LogP) is 3.49. The third-order valence-corrected chi connectivity index (χ3v) is 3.90. The molecule has 1 aromatic rings. The van der Waals surface area contributed by atoms with Crippen molar-refractivity contribution in [1.82, 2.24) is 9.88 Å². The first-order valence-corrected chi connectivity index (χ1v) is 7.32. The Morgan fingerprint density at radius 2 is 2.06 bits per heavy atom. The maximum atomic E-state index is 4.54. The summed E-state index contributed by atoms with van der Waals surface area (Å²) in [7, 11) is 2.17. The van der Waals surface area contributed by atoms with Crippen LogP contribution in [0.25, 0.3) is 0 Å². The van der Waals surface area contributed by atoms with Crippen molar-refractivity contribution in [3.8, 4) is 0 Å². The molecule has 0 bridgehead atoms. The molecule has 0 fully saturated rings. The molecule has 0 N–H and O–H groups in total. The Balaban J connectivity index is 2.51. The molecule has 1 unspecified atom stereocenters. The summed E-state index contributed by atoms with van der Waals surface area (Å²) in [6.45, 7) is 8.64. The van der Waals surface area contributed by atoms with Crippen molar-refractivity contribution in [3.05, 3.63) is 29.6 Å². The molecular formula is C14H23BrN2.